The summed E-state index contributed by atoms with van der Waals surface area (Å²) in [4.78, 5) is 12.2. The number of carbonyl (C=O) groups excluding carboxylic acids is 1. The Balaban J connectivity index is 2.89. The van der Waals surface area contributed by atoms with E-state index in [1.165, 1.54) is 18.2 Å². The summed E-state index contributed by atoms with van der Waals surface area (Å²) in [6.07, 6.45) is -4.54. The molecule has 0 saturated heterocycles. The van der Waals surface area contributed by atoms with Gasteiger partial charge in [0.25, 0.3) is 5.91 Å². The van der Waals surface area contributed by atoms with Gasteiger partial charge in [-0.05, 0) is 18.2 Å². The fourth-order valence-electron chi connectivity index (χ4n) is 1.41. The van der Waals surface area contributed by atoms with Crippen LogP contribution in [0.25, 0.3) is 0 Å². The zero-order chi connectivity index (χ0) is 13.8. The lowest BCUT2D eigenvalue weighted by Crippen LogP contribution is -2.40. The standard InChI is InChI=1S/C11H12F3NO3/c12-11(13,14)7-15(4-5-16)10(18)8-2-1-3-9(17)6-8/h1-3,6,16-17H,4-5,7H2. The second-order valence-electron chi connectivity index (χ2n) is 3.62. The van der Waals surface area contributed by atoms with Gasteiger partial charge in [-0.1, -0.05) is 6.07 Å². The van der Waals surface area contributed by atoms with Crippen LogP contribution < -0.4 is 0 Å². The van der Waals surface area contributed by atoms with Gasteiger partial charge in [0.2, 0.25) is 0 Å². The van der Waals surface area contributed by atoms with E-state index in [0.29, 0.717) is 4.90 Å². The first-order chi connectivity index (χ1) is 8.33. The molecule has 0 unspecified atom stereocenters. The number of aliphatic hydroxyl groups excluding tert-OH is 1. The lowest BCUT2D eigenvalue weighted by molar-refractivity contribution is -0.141. The topological polar surface area (TPSA) is 60.8 Å². The van der Waals surface area contributed by atoms with Crippen molar-refractivity contribution in [1.82, 2.24) is 4.90 Å². The Hall–Kier alpha value is -1.76. The van der Waals surface area contributed by atoms with Crippen LogP contribution in [0.15, 0.2) is 24.3 Å². The molecule has 18 heavy (non-hydrogen) atoms. The number of hydrogen-bond acceptors (Lipinski definition) is 3. The predicted octanol–water partition coefficient (Wildman–Crippen LogP) is 1.39. The highest BCUT2D eigenvalue weighted by atomic mass is 19.4. The van der Waals surface area contributed by atoms with Crippen molar-refractivity contribution in [2.24, 2.45) is 0 Å². The molecule has 0 fully saturated rings. The molecule has 7 heteroatoms. The zero-order valence-corrected chi connectivity index (χ0v) is 9.31. The van der Waals surface area contributed by atoms with Gasteiger partial charge < -0.3 is 15.1 Å². The van der Waals surface area contributed by atoms with Gasteiger partial charge >= 0.3 is 6.18 Å². The number of hydrogen-bond donors (Lipinski definition) is 2. The average Bonchev–Trinajstić information content (AvgIpc) is 2.26. The maximum atomic E-state index is 12.3. The average molecular weight is 263 g/mol. The number of carbonyl (C=O) groups is 1. The van der Waals surface area contributed by atoms with Crippen molar-refractivity contribution in [3.8, 4) is 5.75 Å². The van der Waals surface area contributed by atoms with E-state index >= 15 is 0 Å². The van der Waals surface area contributed by atoms with Crippen molar-refractivity contribution in [3.05, 3.63) is 29.8 Å². The van der Waals surface area contributed by atoms with Crippen molar-refractivity contribution in [2.75, 3.05) is 19.7 Å². The second kappa shape index (κ2) is 5.72. The van der Waals surface area contributed by atoms with Crippen LogP contribution >= 0.6 is 0 Å². The van der Waals surface area contributed by atoms with Gasteiger partial charge in [0.05, 0.1) is 6.61 Å². The molecule has 0 heterocycles. The van der Waals surface area contributed by atoms with Crippen LogP contribution in [0, 0.1) is 0 Å². The van der Waals surface area contributed by atoms with Gasteiger partial charge in [0.1, 0.15) is 12.3 Å². The summed E-state index contributed by atoms with van der Waals surface area (Å²) in [7, 11) is 0. The minimum absolute atomic E-state index is 0.0623. The van der Waals surface area contributed by atoms with E-state index in [0.717, 1.165) is 6.07 Å². The van der Waals surface area contributed by atoms with Crippen molar-refractivity contribution >= 4 is 5.91 Å². The molecular weight excluding hydrogens is 251 g/mol. The number of halogens is 3. The largest absolute Gasteiger partial charge is 0.508 e. The molecular formula is C11H12F3NO3. The van der Waals surface area contributed by atoms with Crippen molar-refractivity contribution in [3.63, 3.8) is 0 Å². The van der Waals surface area contributed by atoms with E-state index < -0.39 is 31.8 Å². The van der Waals surface area contributed by atoms with Crippen molar-refractivity contribution < 1.29 is 28.2 Å². The molecule has 0 aliphatic rings. The monoisotopic (exact) mass is 263 g/mol. The lowest BCUT2D eigenvalue weighted by Gasteiger charge is -2.23. The van der Waals surface area contributed by atoms with E-state index in [4.69, 9.17) is 10.2 Å². The summed E-state index contributed by atoms with van der Waals surface area (Å²) < 4.78 is 36.8. The molecule has 0 saturated carbocycles. The number of aromatic hydroxyl groups is 1. The third-order valence-corrected chi connectivity index (χ3v) is 2.12. The molecule has 0 atom stereocenters. The molecule has 2 N–H and O–H groups in total. The quantitative estimate of drug-likeness (QED) is 0.863. The van der Waals surface area contributed by atoms with E-state index in [2.05, 4.69) is 0 Å². The third kappa shape index (κ3) is 4.25. The maximum Gasteiger partial charge on any atom is 0.406 e. The Morgan fingerprint density at radius 2 is 2.00 bits per heavy atom. The molecule has 0 bridgehead atoms. The SMILES string of the molecule is O=C(c1cccc(O)c1)N(CCO)CC(F)(F)F. The number of alkyl halides is 3. The Morgan fingerprint density at radius 1 is 1.33 bits per heavy atom. The Kier molecular flexibility index (Phi) is 4.55. The molecule has 0 aliphatic carbocycles. The number of nitrogens with zero attached hydrogens (tertiary/aromatic N) is 1. The Labute approximate surface area is 101 Å². The van der Waals surface area contributed by atoms with Gasteiger partial charge in [-0.15, -0.1) is 0 Å². The molecule has 1 aromatic carbocycles. The number of phenolic OH excluding ortho intramolecular Hbond substituents is 1. The normalized spacial score (nSPS) is 11.3. The first-order valence-corrected chi connectivity index (χ1v) is 5.09. The first kappa shape index (κ1) is 14.3. The number of phenols is 1. The van der Waals surface area contributed by atoms with Crippen LogP contribution in [-0.4, -0.2) is 46.9 Å². The van der Waals surface area contributed by atoms with Crippen LogP contribution in [-0.2, 0) is 0 Å². The van der Waals surface area contributed by atoms with Crippen LogP contribution in [0.3, 0.4) is 0 Å². The Bertz CT molecular complexity index is 420. The summed E-state index contributed by atoms with van der Waals surface area (Å²) in [6, 6.07) is 5.02. The highest BCUT2D eigenvalue weighted by Gasteiger charge is 2.33. The molecule has 1 amide bonds. The van der Waals surface area contributed by atoms with E-state index in [1.54, 1.807) is 0 Å². The number of rotatable bonds is 4. The number of benzene rings is 1. The third-order valence-electron chi connectivity index (χ3n) is 2.12. The Morgan fingerprint density at radius 3 is 2.50 bits per heavy atom. The number of amides is 1. The summed E-state index contributed by atoms with van der Waals surface area (Å²) in [6.45, 7) is -2.43. The molecule has 1 rings (SSSR count). The van der Waals surface area contributed by atoms with Crippen LogP contribution in [0.2, 0.25) is 0 Å². The van der Waals surface area contributed by atoms with E-state index in [1.807, 2.05) is 0 Å². The first-order valence-electron chi connectivity index (χ1n) is 5.09. The molecule has 1 aromatic rings. The van der Waals surface area contributed by atoms with Crippen molar-refractivity contribution in [1.29, 1.82) is 0 Å². The van der Waals surface area contributed by atoms with Crippen LogP contribution in [0.5, 0.6) is 5.75 Å². The smallest absolute Gasteiger partial charge is 0.406 e. The van der Waals surface area contributed by atoms with Gasteiger partial charge in [-0.25, -0.2) is 0 Å². The van der Waals surface area contributed by atoms with Gasteiger partial charge in [-0.3, -0.25) is 4.79 Å². The van der Waals surface area contributed by atoms with E-state index in [-0.39, 0.29) is 11.3 Å². The highest BCUT2D eigenvalue weighted by Crippen LogP contribution is 2.19. The minimum Gasteiger partial charge on any atom is -0.508 e. The van der Waals surface area contributed by atoms with Gasteiger partial charge in [0.15, 0.2) is 0 Å². The van der Waals surface area contributed by atoms with Crippen LogP contribution in [0.1, 0.15) is 10.4 Å². The van der Waals surface area contributed by atoms with Crippen LogP contribution in [0.4, 0.5) is 13.2 Å². The highest BCUT2D eigenvalue weighted by molar-refractivity contribution is 5.94. The molecule has 100 valence electrons. The van der Waals surface area contributed by atoms with Crippen molar-refractivity contribution in [2.45, 2.75) is 6.18 Å². The molecule has 0 aromatic heterocycles. The lowest BCUT2D eigenvalue weighted by atomic mass is 10.2. The fourth-order valence-corrected chi connectivity index (χ4v) is 1.41. The summed E-state index contributed by atoms with van der Waals surface area (Å²) >= 11 is 0. The summed E-state index contributed by atoms with van der Waals surface area (Å²) in [5.41, 5.74) is -0.0623. The number of aliphatic hydroxyl groups is 1. The fraction of sp³-hybridized carbons (Fsp3) is 0.364. The molecule has 4 nitrogen and oxygen atoms in total. The molecule has 0 spiro atoms. The zero-order valence-electron chi connectivity index (χ0n) is 9.31. The van der Waals surface area contributed by atoms with E-state index in [9.17, 15) is 18.0 Å². The minimum atomic E-state index is -4.54. The summed E-state index contributed by atoms with van der Waals surface area (Å²) in [5.74, 6) is -1.10. The van der Waals surface area contributed by atoms with Gasteiger partial charge in [-0.2, -0.15) is 13.2 Å². The maximum absolute atomic E-state index is 12.3. The molecule has 0 aliphatic heterocycles. The predicted molar refractivity (Wildman–Crippen MR) is 57.2 cm³/mol. The molecule has 0 radical (unpaired) electrons. The second-order valence-corrected chi connectivity index (χ2v) is 3.62. The van der Waals surface area contributed by atoms with Gasteiger partial charge in [0, 0.05) is 12.1 Å². The summed E-state index contributed by atoms with van der Waals surface area (Å²) in [5, 5.41) is 17.8.